The quantitative estimate of drug-likeness (QED) is 0.716. The Bertz CT molecular complexity index is 465. The molecule has 1 heterocycles. The summed E-state index contributed by atoms with van der Waals surface area (Å²) in [6.45, 7) is 4.63. The highest BCUT2D eigenvalue weighted by Crippen LogP contribution is 2.18. The summed E-state index contributed by atoms with van der Waals surface area (Å²) in [5.41, 5.74) is 3.40. The summed E-state index contributed by atoms with van der Waals surface area (Å²) in [6.07, 6.45) is 1.92. The molecular formula is C15H21N3O. The van der Waals surface area contributed by atoms with Crippen LogP contribution in [0.5, 0.6) is 0 Å². The number of hydrogen-bond donors (Lipinski definition) is 3. The number of H-pyrrole nitrogens is 1. The van der Waals surface area contributed by atoms with Crippen molar-refractivity contribution in [3.05, 3.63) is 48.3 Å². The molecule has 1 aromatic carbocycles. The Kier molecular flexibility index (Phi) is 4.86. The molecule has 0 saturated heterocycles. The number of hydrogen-bond acceptors (Lipinski definition) is 3. The first-order valence-corrected chi connectivity index (χ1v) is 6.65. The molecule has 2 rings (SSSR count). The van der Waals surface area contributed by atoms with E-state index >= 15 is 0 Å². The maximum atomic E-state index is 9.02. The first-order chi connectivity index (χ1) is 9.33. The molecule has 4 heteroatoms. The van der Waals surface area contributed by atoms with Crippen molar-refractivity contribution in [2.75, 3.05) is 29.9 Å². The predicted octanol–water partition coefficient (Wildman–Crippen LogP) is 2.45. The zero-order valence-corrected chi connectivity index (χ0v) is 11.3. The van der Waals surface area contributed by atoms with Crippen molar-refractivity contribution in [1.29, 1.82) is 0 Å². The van der Waals surface area contributed by atoms with Crippen molar-refractivity contribution in [3.8, 4) is 0 Å². The molecule has 0 aliphatic heterocycles. The minimum Gasteiger partial charge on any atom is -0.395 e. The van der Waals surface area contributed by atoms with Crippen LogP contribution in [0.25, 0.3) is 0 Å². The fraction of sp³-hybridized carbons (Fsp3) is 0.333. The van der Waals surface area contributed by atoms with E-state index in [9.17, 15) is 0 Å². The van der Waals surface area contributed by atoms with Gasteiger partial charge in [0.2, 0.25) is 0 Å². The molecule has 0 amide bonds. The maximum absolute atomic E-state index is 9.02. The van der Waals surface area contributed by atoms with E-state index in [1.165, 1.54) is 5.69 Å². The molecule has 0 fully saturated rings. The Morgan fingerprint density at radius 2 is 2.00 bits per heavy atom. The lowest BCUT2D eigenvalue weighted by Gasteiger charge is -2.22. The zero-order valence-electron chi connectivity index (χ0n) is 11.3. The van der Waals surface area contributed by atoms with Gasteiger partial charge in [-0.1, -0.05) is 0 Å². The van der Waals surface area contributed by atoms with Crippen molar-refractivity contribution in [2.45, 2.75) is 13.5 Å². The molecular weight excluding hydrogens is 238 g/mol. The lowest BCUT2D eigenvalue weighted by molar-refractivity contribution is 0.302. The van der Waals surface area contributed by atoms with Gasteiger partial charge in [0, 0.05) is 36.4 Å². The Hall–Kier alpha value is -1.94. The molecule has 0 saturated carbocycles. The first-order valence-electron chi connectivity index (χ1n) is 6.65. The van der Waals surface area contributed by atoms with Gasteiger partial charge in [-0.3, -0.25) is 0 Å². The number of rotatable bonds is 7. The number of aliphatic hydroxyl groups is 1. The van der Waals surface area contributed by atoms with E-state index in [-0.39, 0.29) is 6.61 Å². The number of aromatic amines is 1. The highest BCUT2D eigenvalue weighted by molar-refractivity contribution is 5.55. The summed E-state index contributed by atoms with van der Waals surface area (Å²) < 4.78 is 0. The van der Waals surface area contributed by atoms with Crippen LogP contribution < -0.4 is 10.2 Å². The van der Waals surface area contributed by atoms with Gasteiger partial charge in [-0.25, -0.2) is 0 Å². The number of nitrogens with one attached hydrogen (secondary N) is 2. The second kappa shape index (κ2) is 6.85. The third-order valence-electron chi connectivity index (χ3n) is 3.13. The second-order valence-electron chi connectivity index (χ2n) is 4.40. The van der Waals surface area contributed by atoms with Crippen LogP contribution in [0, 0.1) is 0 Å². The van der Waals surface area contributed by atoms with E-state index in [1.807, 2.05) is 12.3 Å². The molecule has 102 valence electrons. The summed E-state index contributed by atoms with van der Waals surface area (Å²) >= 11 is 0. The number of likely N-dealkylation sites (N-methyl/N-ethyl adjacent to an activating group) is 1. The normalized spacial score (nSPS) is 10.4. The van der Waals surface area contributed by atoms with Gasteiger partial charge < -0.3 is 20.3 Å². The molecule has 0 bridgehead atoms. The molecule has 0 radical (unpaired) electrons. The van der Waals surface area contributed by atoms with E-state index in [2.05, 4.69) is 52.5 Å². The van der Waals surface area contributed by atoms with Crippen molar-refractivity contribution in [2.24, 2.45) is 0 Å². The predicted molar refractivity (Wildman–Crippen MR) is 79.5 cm³/mol. The average molecular weight is 259 g/mol. The van der Waals surface area contributed by atoms with Gasteiger partial charge in [0.25, 0.3) is 0 Å². The van der Waals surface area contributed by atoms with Gasteiger partial charge in [-0.05, 0) is 43.3 Å². The highest BCUT2D eigenvalue weighted by atomic mass is 16.3. The van der Waals surface area contributed by atoms with Crippen LogP contribution in [0.3, 0.4) is 0 Å². The van der Waals surface area contributed by atoms with Crippen LogP contribution in [0.4, 0.5) is 11.4 Å². The zero-order chi connectivity index (χ0) is 13.5. The lowest BCUT2D eigenvalue weighted by atomic mass is 10.2. The molecule has 2 aromatic rings. The monoisotopic (exact) mass is 259 g/mol. The SMILES string of the molecule is CCN(CCO)c1ccc(NCc2ccc[nH]2)cc1. The largest absolute Gasteiger partial charge is 0.395 e. The number of nitrogens with zero attached hydrogens (tertiary/aromatic N) is 1. The Morgan fingerprint density at radius 3 is 2.58 bits per heavy atom. The van der Waals surface area contributed by atoms with Crippen LogP contribution >= 0.6 is 0 Å². The molecule has 3 N–H and O–H groups in total. The minimum absolute atomic E-state index is 0.181. The fourth-order valence-corrected chi connectivity index (χ4v) is 2.06. The minimum atomic E-state index is 0.181. The molecule has 1 aromatic heterocycles. The summed E-state index contributed by atoms with van der Waals surface area (Å²) in [5, 5.41) is 12.4. The van der Waals surface area contributed by atoms with Gasteiger partial charge in [0.05, 0.1) is 13.2 Å². The summed E-state index contributed by atoms with van der Waals surface area (Å²) in [4.78, 5) is 5.31. The number of anilines is 2. The van der Waals surface area contributed by atoms with E-state index in [4.69, 9.17) is 5.11 Å². The van der Waals surface area contributed by atoms with Crippen molar-refractivity contribution in [1.82, 2.24) is 4.98 Å². The molecule has 19 heavy (non-hydrogen) atoms. The smallest absolute Gasteiger partial charge is 0.0606 e. The van der Waals surface area contributed by atoms with Crippen LogP contribution in [0.15, 0.2) is 42.6 Å². The average Bonchev–Trinajstić information content (AvgIpc) is 2.96. The fourth-order valence-electron chi connectivity index (χ4n) is 2.06. The van der Waals surface area contributed by atoms with Crippen molar-refractivity contribution < 1.29 is 5.11 Å². The molecule has 0 spiro atoms. The first kappa shape index (κ1) is 13.5. The number of benzene rings is 1. The standard InChI is InChI=1S/C15H21N3O/c1-2-18(10-11-19)15-7-5-13(6-8-15)17-12-14-4-3-9-16-14/h3-9,16-17,19H,2,10-12H2,1H3. The number of aromatic nitrogens is 1. The molecule has 0 aliphatic rings. The number of aliphatic hydroxyl groups excluding tert-OH is 1. The van der Waals surface area contributed by atoms with Gasteiger partial charge in [-0.2, -0.15) is 0 Å². The van der Waals surface area contributed by atoms with Crippen molar-refractivity contribution in [3.63, 3.8) is 0 Å². The third kappa shape index (κ3) is 3.76. The molecule has 0 unspecified atom stereocenters. The summed E-state index contributed by atoms with van der Waals surface area (Å²) in [7, 11) is 0. The highest BCUT2D eigenvalue weighted by Gasteiger charge is 2.03. The van der Waals surface area contributed by atoms with E-state index in [1.54, 1.807) is 0 Å². The van der Waals surface area contributed by atoms with Gasteiger partial charge in [0.15, 0.2) is 0 Å². The summed E-state index contributed by atoms with van der Waals surface area (Å²) in [5.74, 6) is 0. The second-order valence-corrected chi connectivity index (χ2v) is 4.40. The van der Waals surface area contributed by atoms with E-state index < -0.39 is 0 Å². The third-order valence-corrected chi connectivity index (χ3v) is 3.13. The van der Waals surface area contributed by atoms with Gasteiger partial charge in [-0.15, -0.1) is 0 Å². The Morgan fingerprint density at radius 1 is 1.21 bits per heavy atom. The topological polar surface area (TPSA) is 51.3 Å². The van der Waals surface area contributed by atoms with Crippen LogP contribution in [0.1, 0.15) is 12.6 Å². The lowest BCUT2D eigenvalue weighted by Crippen LogP contribution is -2.25. The summed E-state index contributed by atoms with van der Waals surface area (Å²) in [6, 6.07) is 12.3. The van der Waals surface area contributed by atoms with Crippen molar-refractivity contribution >= 4 is 11.4 Å². The Labute approximate surface area is 114 Å². The molecule has 4 nitrogen and oxygen atoms in total. The molecule has 0 aliphatic carbocycles. The van der Waals surface area contributed by atoms with Crippen LogP contribution in [-0.4, -0.2) is 29.8 Å². The van der Waals surface area contributed by atoms with Gasteiger partial charge in [0.1, 0.15) is 0 Å². The Balaban J connectivity index is 1.93. The molecule has 0 atom stereocenters. The van der Waals surface area contributed by atoms with E-state index in [0.717, 1.165) is 24.5 Å². The maximum Gasteiger partial charge on any atom is 0.0606 e. The van der Waals surface area contributed by atoms with Crippen LogP contribution in [0.2, 0.25) is 0 Å². The van der Waals surface area contributed by atoms with Crippen LogP contribution in [-0.2, 0) is 6.54 Å². The van der Waals surface area contributed by atoms with Gasteiger partial charge >= 0.3 is 0 Å². The van der Waals surface area contributed by atoms with E-state index in [0.29, 0.717) is 6.54 Å².